The van der Waals surface area contributed by atoms with Crippen molar-refractivity contribution < 1.29 is 14.3 Å². The van der Waals surface area contributed by atoms with Crippen molar-refractivity contribution in [2.75, 3.05) is 19.7 Å². The maximum atomic E-state index is 12.1. The fraction of sp³-hybridized carbons (Fsp3) is 0.562. The summed E-state index contributed by atoms with van der Waals surface area (Å²) in [6, 6.07) is 7.88. The van der Waals surface area contributed by atoms with Gasteiger partial charge in [0.25, 0.3) is 5.91 Å². The number of rotatable bonds is 4. The van der Waals surface area contributed by atoms with Gasteiger partial charge in [-0.25, -0.2) is 0 Å². The number of carbonyl (C=O) groups excluding carboxylic acids is 1. The Hall–Kier alpha value is -1.55. The quantitative estimate of drug-likeness (QED) is 0.847. The molecule has 0 saturated carbocycles. The third-order valence-corrected chi connectivity index (χ3v) is 3.47. The number of hydrogen-bond acceptors (Lipinski definition) is 3. The molecular formula is C16H23NO3. The zero-order valence-corrected chi connectivity index (χ0v) is 12.5. The van der Waals surface area contributed by atoms with E-state index >= 15 is 0 Å². The minimum Gasteiger partial charge on any atom is -0.484 e. The third-order valence-electron chi connectivity index (χ3n) is 3.47. The highest BCUT2D eigenvalue weighted by molar-refractivity contribution is 5.78. The van der Waals surface area contributed by atoms with Gasteiger partial charge in [0, 0.05) is 13.1 Å². The van der Waals surface area contributed by atoms with E-state index in [0.717, 1.165) is 12.2 Å². The first kappa shape index (κ1) is 14.9. The maximum absolute atomic E-state index is 12.1. The van der Waals surface area contributed by atoms with Crippen LogP contribution in [0.15, 0.2) is 24.3 Å². The van der Waals surface area contributed by atoms with Crippen molar-refractivity contribution in [1.82, 2.24) is 4.90 Å². The van der Waals surface area contributed by atoms with E-state index in [1.165, 1.54) is 5.56 Å². The van der Waals surface area contributed by atoms with E-state index in [1.54, 1.807) is 0 Å². The molecule has 1 aliphatic heterocycles. The van der Waals surface area contributed by atoms with Crippen LogP contribution < -0.4 is 4.74 Å². The molecule has 0 unspecified atom stereocenters. The molecule has 1 aromatic rings. The van der Waals surface area contributed by atoms with E-state index in [4.69, 9.17) is 9.47 Å². The van der Waals surface area contributed by atoms with Crippen LogP contribution in [0.25, 0.3) is 0 Å². The van der Waals surface area contributed by atoms with Crippen molar-refractivity contribution in [2.24, 2.45) is 0 Å². The maximum Gasteiger partial charge on any atom is 0.260 e. The van der Waals surface area contributed by atoms with Crippen LogP contribution in [-0.4, -0.2) is 42.7 Å². The van der Waals surface area contributed by atoms with Crippen molar-refractivity contribution in [3.05, 3.63) is 29.8 Å². The summed E-state index contributed by atoms with van der Waals surface area (Å²) in [4.78, 5) is 13.9. The van der Waals surface area contributed by atoms with E-state index in [0.29, 0.717) is 13.1 Å². The van der Waals surface area contributed by atoms with Crippen molar-refractivity contribution in [2.45, 2.75) is 39.4 Å². The summed E-state index contributed by atoms with van der Waals surface area (Å²) < 4.78 is 11.2. The van der Waals surface area contributed by atoms with Crippen molar-refractivity contribution >= 4 is 5.91 Å². The molecule has 4 heteroatoms. The van der Waals surface area contributed by atoms with Gasteiger partial charge in [0.15, 0.2) is 6.61 Å². The first-order chi connectivity index (χ1) is 9.58. The topological polar surface area (TPSA) is 38.8 Å². The molecule has 0 spiro atoms. The summed E-state index contributed by atoms with van der Waals surface area (Å²) in [7, 11) is 0. The lowest BCUT2D eigenvalue weighted by Crippen LogP contribution is -2.49. The highest BCUT2D eigenvalue weighted by atomic mass is 16.5. The van der Waals surface area contributed by atoms with Crippen molar-refractivity contribution in [3.63, 3.8) is 0 Å². The molecule has 1 aliphatic rings. The Kier molecular flexibility index (Phi) is 5.01. The van der Waals surface area contributed by atoms with Gasteiger partial charge in [-0.3, -0.25) is 4.79 Å². The molecule has 0 radical (unpaired) electrons. The molecule has 0 aromatic heterocycles. The molecule has 0 N–H and O–H groups in total. The smallest absolute Gasteiger partial charge is 0.260 e. The Morgan fingerprint density at radius 1 is 1.25 bits per heavy atom. The number of ether oxygens (including phenoxy) is 2. The zero-order chi connectivity index (χ0) is 14.5. The van der Waals surface area contributed by atoms with E-state index in [2.05, 4.69) is 6.92 Å². The predicted octanol–water partition coefficient (Wildman–Crippen LogP) is 2.26. The van der Waals surface area contributed by atoms with Gasteiger partial charge in [-0.05, 0) is 38.0 Å². The molecule has 1 aromatic carbocycles. The molecular weight excluding hydrogens is 254 g/mol. The summed E-state index contributed by atoms with van der Waals surface area (Å²) in [6.07, 6.45) is 1.18. The summed E-state index contributed by atoms with van der Waals surface area (Å²) in [5, 5.41) is 0. The van der Waals surface area contributed by atoms with Crippen LogP contribution in [0.3, 0.4) is 0 Å². The van der Waals surface area contributed by atoms with Crippen LogP contribution in [0.4, 0.5) is 0 Å². The molecule has 0 bridgehead atoms. The Bertz CT molecular complexity index is 434. The second kappa shape index (κ2) is 6.75. The predicted molar refractivity (Wildman–Crippen MR) is 77.9 cm³/mol. The van der Waals surface area contributed by atoms with E-state index in [9.17, 15) is 4.79 Å². The number of nitrogens with zero attached hydrogens (tertiary/aromatic N) is 1. The lowest BCUT2D eigenvalue weighted by Gasteiger charge is -2.35. The van der Waals surface area contributed by atoms with Gasteiger partial charge in [0.2, 0.25) is 0 Å². The highest BCUT2D eigenvalue weighted by Crippen LogP contribution is 2.14. The van der Waals surface area contributed by atoms with Gasteiger partial charge < -0.3 is 14.4 Å². The van der Waals surface area contributed by atoms with Gasteiger partial charge in [0.05, 0.1) is 12.2 Å². The lowest BCUT2D eigenvalue weighted by molar-refractivity contribution is -0.145. The minimum absolute atomic E-state index is 0.0200. The van der Waals surface area contributed by atoms with Gasteiger partial charge in [-0.2, -0.15) is 0 Å². The summed E-state index contributed by atoms with van der Waals surface area (Å²) >= 11 is 0. The monoisotopic (exact) mass is 277 g/mol. The molecule has 110 valence electrons. The molecule has 4 nitrogen and oxygen atoms in total. The molecule has 1 amide bonds. The van der Waals surface area contributed by atoms with Gasteiger partial charge in [-0.15, -0.1) is 0 Å². The Morgan fingerprint density at radius 2 is 1.85 bits per heavy atom. The SMILES string of the molecule is CCc1ccc(OCC(=O)N2C[C@H](C)O[C@@H](C)C2)cc1. The van der Waals surface area contributed by atoms with Crippen LogP contribution in [0.5, 0.6) is 5.75 Å². The largest absolute Gasteiger partial charge is 0.484 e. The van der Waals surface area contributed by atoms with Crippen LogP contribution in [0.1, 0.15) is 26.3 Å². The lowest BCUT2D eigenvalue weighted by atomic mass is 10.2. The number of amides is 1. The molecule has 2 atom stereocenters. The molecule has 2 rings (SSSR count). The van der Waals surface area contributed by atoms with Crippen LogP contribution in [-0.2, 0) is 16.0 Å². The number of morpholine rings is 1. The van der Waals surface area contributed by atoms with E-state index in [1.807, 2.05) is 43.0 Å². The average molecular weight is 277 g/mol. The molecule has 1 fully saturated rings. The molecule has 1 saturated heterocycles. The Balaban J connectivity index is 1.84. The number of benzene rings is 1. The first-order valence-electron chi connectivity index (χ1n) is 7.23. The van der Waals surface area contributed by atoms with Crippen LogP contribution >= 0.6 is 0 Å². The molecule has 1 heterocycles. The van der Waals surface area contributed by atoms with E-state index in [-0.39, 0.29) is 24.7 Å². The number of carbonyl (C=O) groups is 1. The van der Waals surface area contributed by atoms with Crippen molar-refractivity contribution in [1.29, 1.82) is 0 Å². The second-order valence-corrected chi connectivity index (χ2v) is 5.34. The van der Waals surface area contributed by atoms with Crippen LogP contribution in [0, 0.1) is 0 Å². The Morgan fingerprint density at radius 3 is 2.40 bits per heavy atom. The third kappa shape index (κ3) is 3.97. The zero-order valence-electron chi connectivity index (χ0n) is 12.5. The van der Waals surface area contributed by atoms with E-state index < -0.39 is 0 Å². The van der Waals surface area contributed by atoms with Crippen LogP contribution in [0.2, 0.25) is 0 Å². The van der Waals surface area contributed by atoms with Gasteiger partial charge in [0.1, 0.15) is 5.75 Å². The minimum atomic E-state index is 0.0200. The standard InChI is InChI=1S/C16H23NO3/c1-4-14-5-7-15(8-6-14)19-11-16(18)17-9-12(2)20-13(3)10-17/h5-8,12-13H,4,9-11H2,1-3H3/t12-,13-/m0/s1. The molecule has 0 aliphatic carbocycles. The highest BCUT2D eigenvalue weighted by Gasteiger charge is 2.25. The summed E-state index contributed by atoms with van der Waals surface area (Å²) in [5.74, 6) is 0.761. The average Bonchev–Trinajstić information content (AvgIpc) is 2.44. The van der Waals surface area contributed by atoms with Crippen molar-refractivity contribution in [3.8, 4) is 5.75 Å². The number of aryl methyl sites for hydroxylation is 1. The van der Waals surface area contributed by atoms with Gasteiger partial charge >= 0.3 is 0 Å². The second-order valence-electron chi connectivity index (χ2n) is 5.34. The fourth-order valence-electron chi connectivity index (χ4n) is 2.44. The number of hydrogen-bond donors (Lipinski definition) is 0. The summed E-state index contributed by atoms with van der Waals surface area (Å²) in [6.45, 7) is 7.45. The Labute approximate surface area is 120 Å². The molecule has 20 heavy (non-hydrogen) atoms. The summed E-state index contributed by atoms with van der Waals surface area (Å²) in [5.41, 5.74) is 1.26. The fourth-order valence-corrected chi connectivity index (χ4v) is 2.44. The van der Waals surface area contributed by atoms with Gasteiger partial charge in [-0.1, -0.05) is 19.1 Å². The first-order valence-corrected chi connectivity index (χ1v) is 7.23. The normalized spacial score (nSPS) is 22.6.